The summed E-state index contributed by atoms with van der Waals surface area (Å²) in [6, 6.07) is 97.1. The van der Waals surface area contributed by atoms with Crippen LogP contribution < -0.4 is 0 Å². The molecule has 0 unspecified atom stereocenters. The molecule has 14 rings (SSSR count). The minimum atomic E-state index is 0.628. The fraction of sp³-hybridized carbons (Fsp3) is 0. The van der Waals surface area contributed by atoms with E-state index in [1.165, 1.54) is 65.9 Å². The summed E-state index contributed by atoms with van der Waals surface area (Å²) >= 11 is 0. The Kier molecular flexibility index (Phi) is 10.4. The van der Waals surface area contributed by atoms with Gasteiger partial charge in [-0.15, -0.1) is 0 Å². The lowest BCUT2D eigenvalue weighted by Crippen LogP contribution is -2.00. The van der Waals surface area contributed by atoms with Gasteiger partial charge in [-0.3, -0.25) is 0 Å². The summed E-state index contributed by atoms with van der Waals surface area (Å²) in [7, 11) is 0. The lowest BCUT2D eigenvalue weighted by atomic mass is 9.99. The number of rotatable bonds is 9. The first-order valence-electron chi connectivity index (χ1n) is 25.1. The van der Waals surface area contributed by atoms with E-state index in [1.54, 1.807) is 0 Å². The first-order chi connectivity index (χ1) is 36.7. The molecular formula is C69H45N5. The Balaban J connectivity index is 0.697. The van der Waals surface area contributed by atoms with Crippen molar-refractivity contribution < 1.29 is 0 Å². The van der Waals surface area contributed by atoms with Gasteiger partial charge in [-0.25, -0.2) is 15.0 Å². The molecule has 0 spiro atoms. The van der Waals surface area contributed by atoms with Gasteiger partial charge in [0.2, 0.25) is 0 Å². The number of hydrogen-bond acceptors (Lipinski definition) is 3. The van der Waals surface area contributed by atoms with E-state index in [1.807, 2.05) is 30.3 Å². The predicted molar refractivity (Wildman–Crippen MR) is 307 cm³/mol. The van der Waals surface area contributed by atoms with E-state index in [4.69, 9.17) is 15.0 Å². The van der Waals surface area contributed by atoms with Crippen LogP contribution in [0.2, 0.25) is 0 Å². The number of fused-ring (bicyclic) bond motifs is 6. The Morgan fingerprint density at radius 2 is 0.378 bits per heavy atom. The van der Waals surface area contributed by atoms with Crippen molar-refractivity contribution in [3.05, 3.63) is 273 Å². The zero-order chi connectivity index (χ0) is 49.0. The van der Waals surface area contributed by atoms with Crippen molar-refractivity contribution in [3.63, 3.8) is 0 Å². The normalized spacial score (nSPS) is 11.5. The number of aromatic nitrogens is 5. The SMILES string of the molecule is c1ccc(-c2nc(-c3ccc(-c4ccc(-c5ccc(-n6c7ccccc7c7ccccc76)cc5)cc4)cc3)nc(-c3ccc(-c4ccc(-c5ccc(-n6c7ccccc7c7ccccc76)cc5)cc4)cc3)n2)cc1. The molecule has 0 saturated heterocycles. The molecule has 74 heavy (non-hydrogen) atoms. The average Bonchev–Trinajstić information content (AvgIpc) is 4.02. The van der Waals surface area contributed by atoms with Gasteiger partial charge in [0, 0.05) is 49.6 Å². The van der Waals surface area contributed by atoms with Crippen molar-refractivity contribution in [1.82, 2.24) is 24.1 Å². The Hall–Kier alpha value is -9.97. The quantitative estimate of drug-likeness (QED) is 0.145. The van der Waals surface area contributed by atoms with Gasteiger partial charge >= 0.3 is 0 Å². The zero-order valence-electron chi connectivity index (χ0n) is 40.2. The Labute approximate surface area is 428 Å². The maximum Gasteiger partial charge on any atom is 0.164 e. The van der Waals surface area contributed by atoms with E-state index < -0.39 is 0 Å². The van der Waals surface area contributed by atoms with E-state index >= 15 is 0 Å². The van der Waals surface area contributed by atoms with E-state index in [9.17, 15) is 0 Å². The van der Waals surface area contributed by atoms with Crippen LogP contribution in [0.25, 0.3) is 134 Å². The summed E-state index contributed by atoms with van der Waals surface area (Å²) < 4.78 is 4.71. The molecule has 3 heterocycles. The van der Waals surface area contributed by atoms with Crippen molar-refractivity contribution in [2.75, 3.05) is 0 Å². The second kappa shape index (κ2) is 18.0. The third-order valence-corrected chi connectivity index (χ3v) is 14.5. The molecule has 0 aliphatic carbocycles. The topological polar surface area (TPSA) is 48.5 Å². The van der Waals surface area contributed by atoms with Gasteiger partial charge in [-0.05, 0) is 93.0 Å². The fourth-order valence-electron chi connectivity index (χ4n) is 10.7. The molecule has 5 nitrogen and oxygen atoms in total. The standard InChI is InChI=1S/C69H45N5/c1-2-12-54(13-3-1)67-70-68(55-34-30-50(31-35-55)46-22-26-48(27-23-46)52-38-42-57(43-39-52)73-63-18-8-4-14-59(63)60-15-5-9-19-64(60)73)72-69(71-67)56-36-32-51(33-37-56)47-24-28-49(29-25-47)53-40-44-58(45-41-53)74-65-20-10-6-16-61(65)62-17-7-11-21-66(62)74/h1-45H. The molecule has 0 fully saturated rings. The van der Waals surface area contributed by atoms with E-state index in [0.29, 0.717) is 17.5 Å². The Morgan fingerprint density at radius 1 is 0.176 bits per heavy atom. The summed E-state index contributed by atoms with van der Waals surface area (Å²) in [6.45, 7) is 0. The number of benzene rings is 11. The highest BCUT2D eigenvalue weighted by Crippen LogP contribution is 2.36. The van der Waals surface area contributed by atoms with Crippen LogP contribution in [0.4, 0.5) is 0 Å². The fourth-order valence-corrected chi connectivity index (χ4v) is 10.7. The molecular weight excluding hydrogens is 899 g/mol. The molecule has 0 N–H and O–H groups in total. The summed E-state index contributed by atoms with van der Waals surface area (Å²) in [6.07, 6.45) is 0. The highest BCUT2D eigenvalue weighted by molar-refractivity contribution is 6.10. The van der Waals surface area contributed by atoms with Crippen molar-refractivity contribution >= 4 is 43.6 Å². The maximum absolute atomic E-state index is 5.07. The minimum Gasteiger partial charge on any atom is -0.309 e. The molecule has 5 heteroatoms. The van der Waals surface area contributed by atoms with E-state index in [0.717, 1.165) is 50.3 Å². The van der Waals surface area contributed by atoms with Gasteiger partial charge in [-0.2, -0.15) is 0 Å². The number of nitrogens with zero attached hydrogens (tertiary/aromatic N) is 5. The van der Waals surface area contributed by atoms with Gasteiger partial charge in [0.15, 0.2) is 17.5 Å². The van der Waals surface area contributed by atoms with Gasteiger partial charge in [0.25, 0.3) is 0 Å². The maximum atomic E-state index is 5.07. The summed E-state index contributed by atoms with van der Waals surface area (Å²) in [4.78, 5) is 15.1. The average molecular weight is 944 g/mol. The second-order valence-corrected chi connectivity index (χ2v) is 18.8. The lowest BCUT2D eigenvalue weighted by molar-refractivity contribution is 1.07. The van der Waals surface area contributed by atoms with Gasteiger partial charge in [0.05, 0.1) is 22.1 Å². The molecule has 14 aromatic rings. The van der Waals surface area contributed by atoms with Crippen molar-refractivity contribution in [1.29, 1.82) is 0 Å². The second-order valence-electron chi connectivity index (χ2n) is 18.8. The minimum absolute atomic E-state index is 0.628. The van der Waals surface area contributed by atoms with Crippen LogP contribution in [0, 0.1) is 0 Å². The molecule has 3 aromatic heterocycles. The predicted octanol–water partition coefficient (Wildman–Crippen LogP) is 17.7. The molecule has 0 aliphatic heterocycles. The molecule has 0 bridgehead atoms. The van der Waals surface area contributed by atoms with Crippen LogP contribution in [0.15, 0.2) is 273 Å². The highest BCUT2D eigenvalue weighted by Gasteiger charge is 2.16. The molecule has 346 valence electrons. The zero-order valence-corrected chi connectivity index (χ0v) is 40.2. The van der Waals surface area contributed by atoms with Crippen molar-refractivity contribution in [3.8, 4) is 90.0 Å². The monoisotopic (exact) mass is 943 g/mol. The third-order valence-electron chi connectivity index (χ3n) is 14.5. The highest BCUT2D eigenvalue weighted by atomic mass is 15.0. The largest absolute Gasteiger partial charge is 0.309 e. The Bertz CT molecular complexity index is 3980. The molecule has 0 amide bonds. The van der Waals surface area contributed by atoms with Crippen molar-refractivity contribution in [2.24, 2.45) is 0 Å². The lowest BCUT2D eigenvalue weighted by Gasteiger charge is -2.11. The summed E-state index contributed by atoms with van der Waals surface area (Å²) in [5.74, 6) is 1.89. The van der Waals surface area contributed by atoms with Crippen LogP contribution >= 0.6 is 0 Å². The number of para-hydroxylation sites is 4. The first kappa shape index (κ1) is 42.9. The molecule has 0 saturated carbocycles. The molecule has 0 aliphatic rings. The Morgan fingerprint density at radius 3 is 0.649 bits per heavy atom. The summed E-state index contributed by atoms with van der Waals surface area (Å²) in [5.41, 5.74) is 19.2. The first-order valence-corrected chi connectivity index (χ1v) is 25.1. The summed E-state index contributed by atoms with van der Waals surface area (Å²) in [5, 5.41) is 5.06. The van der Waals surface area contributed by atoms with Gasteiger partial charge in [-0.1, -0.05) is 224 Å². The van der Waals surface area contributed by atoms with Crippen LogP contribution in [0.3, 0.4) is 0 Å². The van der Waals surface area contributed by atoms with E-state index in [2.05, 4.69) is 252 Å². The molecule has 0 atom stereocenters. The van der Waals surface area contributed by atoms with Crippen LogP contribution in [0.5, 0.6) is 0 Å². The van der Waals surface area contributed by atoms with E-state index in [-0.39, 0.29) is 0 Å². The molecule has 0 radical (unpaired) electrons. The smallest absolute Gasteiger partial charge is 0.164 e. The van der Waals surface area contributed by atoms with Crippen molar-refractivity contribution in [2.45, 2.75) is 0 Å². The van der Waals surface area contributed by atoms with Crippen LogP contribution in [-0.4, -0.2) is 24.1 Å². The number of hydrogen-bond donors (Lipinski definition) is 0. The van der Waals surface area contributed by atoms with Gasteiger partial charge in [0.1, 0.15) is 0 Å². The molecule has 11 aromatic carbocycles. The van der Waals surface area contributed by atoms with Crippen LogP contribution in [0.1, 0.15) is 0 Å². The third kappa shape index (κ3) is 7.63. The van der Waals surface area contributed by atoms with Gasteiger partial charge < -0.3 is 9.13 Å². The van der Waals surface area contributed by atoms with Crippen LogP contribution in [-0.2, 0) is 0 Å².